The third-order valence-electron chi connectivity index (χ3n) is 4.31. The number of aliphatic hydroxyl groups is 1. The van der Waals surface area contributed by atoms with Crippen LogP contribution in [0.2, 0.25) is 0 Å². The van der Waals surface area contributed by atoms with Crippen molar-refractivity contribution in [2.45, 2.75) is 37.5 Å². The summed E-state index contributed by atoms with van der Waals surface area (Å²) in [5, 5.41) is 15.9. The van der Waals surface area contributed by atoms with Gasteiger partial charge in [-0.15, -0.1) is 0 Å². The summed E-state index contributed by atoms with van der Waals surface area (Å²) in [6, 6.07) is 0.742. The summed E-state index contributed by atoms with van der Waals surface area (Å²) in [5.41, 5.74) is 6.82. The normalized spacial score (nSPS) is 30.9. The number of nitrogens with zero attached hydrogens (tertiary/aromatic N) is 3. The summed E-state index contributed by atoms with van der Waals surface area (Å²) in [7, 11) is 0. The van der Waals surface area contributed by atoms with Crippen LogP contribution in [0.5, 0.6) is 0 Å². The molecule has 1 unspecified atom stereocenters. The number of aliphatic imine (C=N–C) groups is 1. The molecule has 2 aliphatic carbocycles. The second-order valence-corrected chi connectivity index (χ2v) is 6.01. The Morgan fingerprint density at radius 1 is 1.43 bits per heavy atom. The molecule has 0 spiro atoms. The molecule has 3 aliphatic rings. The molecule has 3 atom stereocenters. The lowest BCUT2D eigenvalue weighted by Crippen LogP contribution is -2.44. The Bertz CT molecular complexity index is 603. The average molecular weight is 288 g/mol. The number of hydrogen-bond donors (Lipinski definition) is 4. The van der Waals surface area contributed by atoms with Crippen molar-refractivity contribution in [1.82, 2.24) is 20.2 Å². The van der Waals surface area contributed by atoms with Gasteiger partial charge in [0, 0.05) is 18.6 Å². The first-order valence-electron chi connectivity index (χ1n) is 7.47. The summed E-state index contributed by atoms with van der Waals surface area (Å²) >= 11 is 0. The molecule has 0 aromatic carbocycles. The summed E-state index contributed by atoms with van der Waals surface area (Å²) in [6.45, 7) is 0.183. The van der Waals surface area contributed by atoms with Crippen molar-refractivity contribution >= 4 is 11.8 Å². The minimum absolute atomic E-state index is 0.0646. The number of rotatable bonds is 4. The molecule has 4 rings (SSSR count). The predicted molar refractivity (Wildman–Crippen MR) is 78.9 cm³/mol. The first-order valence-corrected chi connectivity index (χ1v) is 7.47. The zero-order valence-corrected chi connectivity index (χ0v) is 11.7. The molecule has 1 fully saturated rings. The van der Waals surface area contributed by atoms with Crippen LogP contribution >= 0.6 is 0 Å². The summed E-state index contributed by atoms with van der Waals surface area (Å²) in [6.07, 6.45) is 9.22. The molecule has 0 amide bonds. The third-order valence-corrected chi connectivity index (χ3v) is 4.31. The van der Waals surface area contributed by atoms with Gasteiger partial charge in [0.2, 0.25) is 0 Å². The fourth-order valence-corrected chi connectivity index (χ4v) is 2.99. The van der Waals surface area contributed by atoms with E-state index >= 15 is 0 Å². The van der Waals surface area contributed by atoms with Crippen molar-refractivity contribution < 1.29 is 5.11 Å². The Labute approximate surface area is 123 Å². The molecule has 5 N–H and O–H groups in total. The van der Waals surface area contributed by atoms with E-state index in [4.69, 9.17) is 5.73 Å². The van der Waals surface area contributed by atoms with E-state index in [0.717, 1.165) is 17.9 Å². The smallest absolute Gasteiger partial charge is 0.196 e. The standard InChI is InChI=1S/C14H20N6O/c15-14-18-12(17-9-2-3-9)11-13(19-14)20(7-16-11)10-4-1-8(5-10)6-21/h1,4,7-10,12,17,21H,2-3,5-6H2,(H3,15,18,19)/t8-,10+,12?/m1/s1. The zero-order valence-electron chi connectivity index (χ0n) is 11.7. The van der Waals surface area contributed by atoms with Crippen LogP contribution in [0.15, 0.2) is 23.5 Å². The Morgan fingerprint density at radius 2 is 2.29 bits per heavy atom. The minimum atomic E-state index is -0.0646. The number of hydrogen-bond acceptors (Lipinski definition) is 6. The first-order chi connectivity index (χ1) is 10.2. The number of aromatic nitrogens is 2. The van der Waals surface area contributed by atoms with Gasteiger partial charge in [-0.05, 0) is 19.3 Å². The number of fused-ring (bicyclic) bond motifs is 1. The van der Waals surface area contributed by atoms with E-state index in [0.29, 0.717) is 12.0 Å². The van der Waals surface area contributed by atoms with Crippen LogP contribution in [0.3, 0.4) is 0 Å². The molecule has 1 aromatic rings. The molecule has 1 aliphatic heterocycles. The van der Waals surface area contributed by atoms with Crippen molar-refractivity contribution in [2.75, 3.05) is 6.61 Å². The number of nitrogens with one attached hydrogen (secondary N) is 2. The fourth-order valence-electron chi connectivity index (χ4n) is 2.99. The Balaban J connectivity index is 1.63. The van der Waals surface area contributed by atoms with E-state index in [1.807, 2.05) is 6.33 Å². The maximum absolute atomic E-state index is 9.27. The quantitative estimate of drug-likeness (QED) is 0.597. The Hall–Kier alpha value is -1.86. The van der Waals surface area contributed by atoms with Gasteiger partial charge in [-0.2, -0.15) is 4.99 Å². The molecule has 1 aromatic heterocycles. The Kier molecular flexibility index (Phi) is 2.97. The Morgan fingerprint density at radius 3 is 3.00 bits per heavy atom. The molecule has 2 heterocycles. The highest BCUT2D eigenvalue weighted by atomic mass is 16.3. The highest BCUT2D eigenvalue weighted by Crippen LogP contribution is 2.36. The van der Waals surface area contributed by atoms with E-state index in [9.17, 15) is 5.11 Å². The maximum atomic E-state index is 9.27. The third kappa shape index (κ3) is 2.32. The van der Waals surface area contributed by atoms with Crippen molar-refractivity contribution in [3.8, 4) is 0 Å². The van der Waals surface area contributed by atoms with Gasteiger partial charge in [0.15, 0.2) is 11.8 Å². The van der Waals surface area contributed by atoms with Gasteiger partial charge in [-0.1, -0.05) is 12.2 Å². The number of imidazole rings is 1. The van der Waals surface area contributed by atoms with Crippen LogP contribution in [-0.2, 0) is 0 Å². The van der Waals surface area contributed by atoms with Gasteiger partial charge >= 0.3 is 0 Å². The van der Waals surface area contributed by atoms with Gasteiger partial charge in [0.05, 0.1) is 12.4 Å². The summed E-state index contributed by atoms with van der Waals surface area (Å²) in [5.74, 6) is 1.46. The van der Waals surface area contributed by atoms with Crippen molar-refractivity contribution in [3.63, 3.8) is 0 Å². The molecule has 21 heavy (non-hydrogen) atoms. The van der Waals surface area contributed by atoms with Crippen LogP contribution in [0.4, 0.5) is 5.82 Å². The molecule has 0 saturated heterocycles. The lowest BCUT2D eigenvalue weighted by molar-refractivity contribution is 0.244. The first kappa shape index (κ1) is 12.8. The van der Waals surface area contributed by atoms with E-state index in [-0.39, 0.29) is 24.7 Å². The van der Waals surface area contributed by atoms with Crippen LogP contribution in [-0.4, -0.2) is 33.3 Å². The van der Waals surface area contributed by atoms with Crippen LogP contribution in [0.25, 0.3) is 0 Å². The monoisotopic (exact) mass is 288 g/mol. The second-order valence-electron chi connectivity index (χ2n) is 6.01. The zero-order chi connectivity index (χ0) is 14.4. The largest absolute Gasteiger partial charge is 0.396 e. The van der Waals surface area contributed by atoms with E-state index < -0.39 is 0 Å². The molecule has 0 radical (unpaired) electrons. The average Bonchev–Trinajstić information content (AvgIpc) is 3.01. The number of nitrogens with two attached hydrogens (primary N) is 1. The molecule has 1 saturated carbocycles. The fraction of sp³-hybridized carbons (Fsp3) is 0.571. The summed E-state index contributed by atoms with van der Waals surface area (Å²) < 4.78 is 2.05. The van der Waals surface area contributed by atoms with Crippen molar-refractivity contribution in [2.24, 2.45) is 16.6 Å². The summed E-state index contributed by atoms with van der Waals surface area (Å²) in [4.78, 5) is 8.95. The highest BCUT2D eigenvalue weighted by molar-refractivity contribution is 5.83. The molecular weight excluding hydrogens is 268 g/mol. The second kappa shape index (κ2) is 4.85. The van der Waals surface area contributed by atoms with Gasteiger partial charge in [0.1, 0.15) is 11.9 Å². The van der Waals surface area contributed by atoms with Gasteiger partial charge in [-0.3, -0.25) is 5.32 Å². The van der Waals surface area contributed by atoms with Gasteiger partial charge in [-0.25, -0.2) is 4.98 Å². The molecule has 0 bridgehead atoms. The van der Waals surface area contributed by atoms with Gasteiger partial charge < -0.3 is 20.7 Å². The van der Waals surface area contributed by atoms with Crippen LogP contribution < -0.4 is 16.4 Å². The molecular formula is C14H20N6O. The number of aliphatic hydroxyl groups excluding tert-OH is 1. The molecule has 7 nitrogen and oxygen atoms in total. The van der Waals surface area contributed by atoms with Crippen molar-refractivity contribution in [1.29, 1.82) is 0 Å². The minimum Gasteiger partial charge on any atom is -0.396 e. The van der Waals surface area contributed by atoms with Crippen molar-refractivity contribution in [3.05, 3.63) is 24.2 Å². The van der Waals surface area contributed by atoms with Crippen LogP contribution in [0, 0.1) is 5.92 Å². The van der Waals surface area contributed by atoms with E-state index in [1.165, 1.54) is 12.8 Å². The highest BCUT2D eigenvalue weighted by Gasteiger charge is 2.32. The van der Waals surface area contributed by atoms with Crippen LogP contribution in [0.1, 0.15) is 37.2 Å². The molecule has 7 heteroatoms. The number of guanidine groups is 1. The maximum Gasteiger partial charge on any atom is 0.196 e. The lowest BCUT2D eigenvalue weighted by Gasteiger charge is -2.24. The lowest BCUT2D eigenvalue weighted by atomic mass is 10.1. The van der Waals surface area contributed by atoms with E-state index in [1.54, 1.807) is 0 Å². The topological polar surface area (TPSA) is 100 Å². The van der Waals surface area contributed by atoms with Gasteiger partial charge in [0.25, 0.3) is 0 Å². The molecule has 112 valence electrons. The van der Waals surface area contributed by atoms with E-state index in [2.05, 4.69) is 37.3 Å². The predicted octanol–water partition coefficient (Wildman–Crippen LogP) is 0.293. The number of allylic oxidation sites excluding steroid dienone is 1. The SMILES string of the molecule is NC1=Nc2c(ncn2[C@H]2C=C[C@@H](CO)C2)C(NC2CC2)N1.